The van der Waals surface area contributed by atoms with Crippen LogP contribution in [0, 0.1) is 5.92 Å². The van der Waals surface area contributed by atoms with Crippen LogP contribution < -0.4 is 19.5 Å². The first-order chi connectivity index (χ1) is 13.9. The maximum atomic E-state index is 12.9. The van der Waals surface area contributed by atoms with E-state index in [9.17, 15) is 4.79 Å². The van der Waals surface area contributed by atoms with Gasteiger partial charge < -0.3 is 19.5 Å². The third-order valence-electron chi connectivity index (χ3n) is 4.58. The number of ether oxygens (including phenoxy) is 3. The van der Waals surface area contributed by atoms with Crippen molar-refractivity contribution in [3.63, 3.8) is 0 Å². The molecule has 0 radical (unpaired) electrons. The molecule has 2 aromatic carbocycles. The predicted octanol–water partition coefficient (Wildman–Crippen LogP) is 5.10. The van der Waals surface area contributed by atoms with Gasteiger partial charge >= 0.3 is 0 Å². The summed E-state index contributed by atoms with van der Waals surface area (Å²) in [6.45, 7) is 6.23. The third-order valence-corrected chi connectivity index (χ3v) is 5.67. The number of hydrogen-bond donors (Lipinski definition) is 1. The molecule has 0 aliphatic heterocycles. The van der Waals surface area contributed by atoms with Crippen LogP contribution in [0.2, 0.25) is 0 Å². The molecule has 0 aliphatic rings. The minimum atomic E-state index is -0.249. The maximum Gasteiger partial charge on any atom is 0.233 e. The summed E-state index contributed by atoms with van der Waals surface area (Å²) < 4.78 is 15.9. The van der Waals surface area contributed by atoms with Crippen LogP contribution in [0.5, 0.6) is 17.2 Å². The van der Waals surface area contributed by atoms with Crippen LogP contribution in [-0.2, 0) is 4.79 Å². The average molecular weight is 418 g/mol. The van der Waals surface area contributed by atoms with Crippen molar-refractivity contribution in [2.75, 3.05) is 21.3 Å². The Bertz CT molecular complexity index is 792. The number of hydrogen-bond acceptors (Lipinski definition) is 5. The standard InChI is InChI=1S/C23H31NO4S/c1-15(2)13-20(17-7-9-18(26-4)10-8-17)24-23(25)16(3)29-19-11-12-21(27-5)22(14-19)28-6/h7-12,14-16,20H,13H2,1-6H3,(H,24,25)/t16-,20-/m0/s1. The molecular weight excluding hydrogens is 386 g/mol. The van der Waals surface area contributed by atoms with Crippen molar-refractivity contribution in [1.29, 1.82) is 0 Å². The van der Waals surface area contributed by atoms with Gasteiger partial charge in [-0.15, -0.1) is 11.8 Å². The molecule has 0 spiro atoms. The van der Waals surface area contributed by atoms with E-state index in [1.807, 2.05) is 49.4 Å². The van der Waals surface area contributed by atoms with E-state index < -0.39 is 0 Å². The first-order valence-electron chi connectivity index (χ1n) is 9.71. The largest absolute Gasteiger partial charge is 0.497 e. The maximum absolute atomic E-state index is 12.9. The fraction of sp³-hybridized carbons (Fsp3) is 0.435. The summed E-state index contributed by atoms with van der Waals surface area (Å²) in [6, 6.07) is 13.5. The van der Waals surface area contributed by atoms with Gasteiger partial charge in [-0.1, -0.05) is 26.0 Å². The molecule has 158 valence electrons. The summed E-state index contributed by atoms with van der Waals surface area (Å²) in [5.74, 6) is 2.59. The Morgan fingerprint density at radius 3 is 2.14 bits per heavy atom. The molecule has 2 aromatic rings. The van der Waals surface area contributed by atoms with Crippen molar-refractivity contribution in [2.45, 2.75) is 43.4 Å². The van der Waals surface area contributed by atoms with Gasteiger partial charge in [0.1, 0.15) is 5.75 Å². The van der Waals surface area contributed by atoms with Crippen molar-refractivity contribution in [1.82, 2.24) is 5.32 Å². The number of amides is 1. The SMILES string of the molecule is COc1ccc([C@H](CC(C)C)NC(=O)[C@H](C)Sc2ccc(OC)c(OC)c2)cc1. The Morgan fingerprint density at radius 1 is 0.931 bits per heavy atom. The van der Waals surface area contributed by atoms with Gasteiger partial charge in [-0.3, -0.25) is 4.79 Å². The minimum Gasteiger partial charge on any atom is -0.497 e. The van der Waals surface area contributed by atoms with Crippen molar-refractivity contribution < 1.29 is 19.0 Å². The summed E-state index contributed by atoms with van der Waals surface area (Å²) in [7, 11) is 4.86. The number of benzene rings is 2. The normalized spacial score (nSPS) is 12.9. The molecule has 0 heterocycles. The summed E-state index contributed by atoms with van der Waals surface area (Å²) in [6.07, 6.45) is 0.867. The number of nitrogens with one attached hydrogen (secondary N) is 1. The van der Waals surface area contributed by atoms with E-state index in [0.29, 0.717) is 17.4 Å². The summed E-state index contributed by atoms with van der Waals surface area (Å²) in [5, 5.41) is 2.97. The highest BCUT2D eigenvalue weighted by Gasteiger charge is 2.21. The lowest BCUT2D eigenvalue weighted by Gasteiger charge is -2.23. The van der Waals surface area contributed by atoms with Crippen LogP contribution in [0.4, 0.5) is 0 Å². The van der Waals surface area contributed by atoms with Crippen LogP contribution in [0.25, 0.3) is 0 Å². The lowest BCUT2D eigenvalue weighted by Crippen LogP contribution is -2.35. The Labute approximate surface area is 178 Å². The molecule has 0 saturated carbocycles. The fourth-order valence-corrected chi connectivity index (χ4v) is 3.93. The highest BCUT2D eigenvalue weighted by atomic mass is 32.2. The van der Waals surface area contributed by atoms with Crippen molar-refractivity contribution in [3.8, 4) is 17.2 Å². The van der Waals surface area contributed by atoms with Crippen LogP contribution >= 0.6 is 11.8 Å². The number of methoxy groups -OCH3 is 3. The number of thioether (sulfide) groups is 1. The van der Waals surface area contributed by atoms with E-state index in [1.54, 1.807) is 21.3 Å². The molecule has 0 aliphatic carbocycles. The second kappa shape index (κ2) is 11.0. The van der Waals surface area contributed by atoms with Crippen LogP contribution in [0.15, 0.2) is 47.4 Å². The van der Waals surface area contributed by atoms with Gasteiger partial charge in [-0.05, 0) is 55.2 Å². The van der Waals surface area contributed by atoms with Crippen molar-refractivity contribution >= 4 is 17.7 Å². The van der Waals surface area contributed by atoms with Gasteiger partial charge in [-0.25, -0.2) is 0 Å². The molecule has 29 heavy (non-hydrogen) atoms. The number of carbonyl (C=O) groups is 1. The molecule has 0 unspecified atom stereocenters. The minimum absolute atomic E-state index is 0.00579. The average Bonchev–Trinajstić information content (AvgIpc) is 2.72. The quantitative estimate of drug-likeness (QED) is 0.545. The van der Waals surface area contributed by atoms with Gasteiger partial charge in [-0.2, -0.15) is 0 Å². The first kappa shape index (κ1) is 22.9. The molecule has 5 nitrogen and oxygen atoms in total. The van der Waals surface area contributed by atoms with E-state index in [0.717, 1.165) is 22.6 Å². The Balaban J connectivity index is 2.09. The van der Waals surface area contributed by atoms with Crippen molar-refractivity contribution in [3.05, 3.63) is 48.0 Å². The molecule has 6 heteroatoms. The van der Waals surface area contributed by atoms with Crippen LogP contribution in [-0.4, -0.2) is 32.5 Å². The lowest BCUT2D eigenvalue weighted by atomic mass is 9.96. The zero-order chi connectivity index (χ0) is 21.4. The van der Waals surface area contributed by atoms with Gasteiger partial charge in [0.05, 0.1) is 32.6 Å². The summed E-state index contributed by atoms with van der Waals surface area (Å²) in [4.78, 5) is 13.9. The molecule has 0 aromatic heterocycles. The van der Waals surface area contributed by atoms with Crippen LogP contribution in [0.1, 0.15) is 38.8 Å². The molecule has 0 saturated heterocycles. The van der Waals surface area contributed by atoms with Crippen molar-refractivity contribution in [2.24, 2.45) is 5.92 Å². The van der Waals surface area contributed by atoms with Gasteiger partial charge in [0.15, 0.2) is 11.5 Å². The van der Waals surface area contributed by atoms with Gasteiger partial charge in [0, 0.05) is 4.90 Å². The Kier molecular flexibility index (Phi) is 8.70. The highest BCUT2D eigenvalue weighted by Crippen LogP contribution is 2.34. The fourth-order valence-electron chi connectivity index (χ4n) is 3.02. The van der Waals surface area contributed by atoms with E-state index in [-0.39, 0.29) is 17.2 Å². The predicted molar refractivity (Wildman–Crippen MR) is 118 cm³/mol. The Morgan fingerprint density at radius 2 is 1.59 bits per heavy atom. The molecule has 2 atom stereocenters. The van der Waals surface area contributed by atoms with Gasteiger partial charge in [0.2, 0.25) is 5.91 Å². The lowest BCUT2D eigenvalue weighted by molar-refractivity contribution is -0.121. The smallest absolute Gasteiger partial charge is 0.233 e. The number of carbonyl (C=O) groups excluding carboxylic acids is 1. The molecule has 0 bridgehead atoms. The molecule has 2 rings (SSSR count). The first-order valence-corrected chi connectivity index (χ1v) is 10.6. The third kappa shape index (κ3) is 6.60. The summed E-state index contributed by atoms with van der Waals surface area (Å²) in [5.41, 5.74) is 1.08. The Hall–Kier alpha value is -2.34. The van der Waals surface area contributed by atoms with Gasteiger partial charge in [0.25, 0.3) is 0 Å². The highest BCUT2D eigenvalue weighted by molar-refractivity contribution is 8.00. The molecule has 1 N–H and O–H groups in total. The second-order valence-electron chi connectivity index (χ2n) is 7.24. The zero-order valence-electron chi connectivity index (χ0n) is 18.0. The molecule has 0 fully saturated rings. The van der Waals surface area contributed by atoms with E-state index >= 15 is 0 Å². The zero-order valence-corrected chi connectivity index (χ0v) is 18.8. The summed E-state index contributed by atoms with van der Waals surface area (Å²) >= 11 is 1.49. The number of rotatable bonds is 10. The monoisotopic (exact) mass is 417 g/mol. The van der Waals surface area contributed by atoms with E-state index in [1.165, 1.54) is 11.8 Å². The molecular formula is C23H31NO4S. The van der Waals surface area contributed by atoms with Crippen LogP contribution in [0.3, 0.4) is 0 Å². The second-order valence-corrected chi connectivity index (χ2v) is 8.65. The van der Waals surface area contributed by atoms with E-state index in [2.05, 4.69) is 19.2 Å². The van der Waals surface area contributed by atoms with E-state index in [4.69, 9.17) is 14.2 Å². The molecule has 1 amide bonds. The topological polar surface area (TPSA) is 56.8 Å².